The highest BCUT2D eigenvalue weighted by Gasteiger charge is 2.34. The van der Waals surface area contributed by atoms with E-state index in [2.05, 4.69) is 0 Å². The first-order chi connectivity index (χ1) is 14.8. The van der Waals surface area contributed by atoms with Gasteiger partial charge in [0.1, 0.15) is 0 Å². The van der Waals surface area contributed by atoms with Gasteiger partial charge in [-0.15, -0.1) is 5.06 Å². The molecule has 2 rings (SSSR count). The Hall–Kier alpha value is -3.36. The predicted octanol–water partition coefficient (Wildman–Crippen LogP) is 2.43. The van der Waals surface area contributed by atoms with E-state index in [1.165, 1.54) is 31.7 Å². The average molecular weight is 482 g/mol. The van der Waals surface area contributed by atoms with Crippen molar-refractivity contribution in [1.29, 1.82) is 0 Å². The second kappa shape index (κ2) is 13.9. The first-order valence-corrected chi connectivity index (χ1v) is 9.14. The number of rotatable bonds is 0. The molecule has 15 heteroatoms. The van der Waals surface area contributed by atoms with Crippen LogP contribution in [-0.4, -0.2) is 117 Å². The second-order valence-corrected chi connectivity index (χ2v) is 7.11. The van der Waals surface area contributed by atoms with Gasteiger partial charge in [-0.2, -0.15) is 0 Å². The van der Waals surface area contributed by atoms with Crippen molar-refractivity contribution in [3.05, 3.63) is 35.4 Å². The SMILES string of the molecule is CN(C)C(=O)N(C)C.CN(C)C(=O)N(C)C.F[B-](F)(F)F.O=C1c2ccccc2C(=O)N1O. The normalized spacial score (nSPS) is 11.5. The largest absolute Gasteiger partial charge is 0.673 e. The van der Waals surface area contributed by atoms with Gasteiger partial charge in [0.15, 0.2) is 0 Å². The standard InChI is InChI=1S/C8H5NO3.2C5H12N2O.BF4/c10-7-5-3-1-2-4-6(5)8(11)9(7)12;2*1-6(2)5(8)7(3)4;2-1(3,4)5/h1-4,12H;2*1-4H3;/q;;;-1. The minimum Gasteiger partial charge on any atom is -0.418 e. The molecule has 10 nitrogen and oxygen atoms in total. The Morgan fingerprint density at radius 2 is 0.909 bits per heavy atom. The van der Waals surface area contributed by atoms with E-state index in [0.29, 0.717) is 0 Å². The minimum atomic E-state index is -6.00. The molecule has 0 spiro atoms. The van der Waals surface area contributed by atoms with Crippen LogP contribution in [0.2, 0.25) is 0 Å². The van der Waals surface area contributed by atoms with Crippen LogP contribution in [0.15, 0.2) is 24.3 Å². The van der Waals surface area contributed by atoms with Crippen molar-refractivity contribution >= 4 is 31.1 Å². The summed E-state index contributed by atoms with van der Waals surface area (Å²) in [7, 11) is 7.80. The topological polar surface area (TPSA) is 105 Å². The number of imide groups is 1. The van der Waals surface area contributed by atoms with Gasteiger partial charge in [0.25, 0.3) is 11.8 Å². The Morgan fingerprint density at radius 1 is 0.697 bits per heavy atom. The summed E-state index contributed by atoms with van der Waals surface area (Å²) in [5, 5.41) is 9.05. The first-order valence-electron chi connectivity index (χ1n) is 9.14. The van der Waals surface area contributed by atoms with Crippen molar-refractivity contribution in [2.75, 3.05) is 56.4 Å². The van der Waals surface area contributed by atoms with Gasteiger partial charge in [-0.05, 0) is 12.1 Å². The molecule has 33 heavy (non-hydrogen) atoms. The Kier molecular flexibility index (Phi) is 13.4. The van der Waals surface area contributed by atoms with E-state index in [0.717, 1.165) is 0 Å². The van der Waals surface area contributed by atoms with E-state index in [4.69, 9.17) is 5.21 Å². The summed E-state index contributed by atoms with van der Waals surface area (Å²) in [4.78, 5) is 49.6. The third kappa shape index (κ3) is 12.9. The monoisotopic (exact) mass is 482 g/mol. The number of carbonyl (C=O) groups is 4. The lowest BCUT2D eigenvalue weighted by Gasteiger charge is -2.16. The maximum absolute atomic E-state index is 11.1. The first kappa shape index (κ1) is 31.8. The lowest BCUT2D eigenvalue weighted by molar-refractivity contribution is -0.0327. The molecule has 0 aromatic heterocycles. The molecule has 1 aromatic carbocycles. The molecule has 0 saturated carbocycles. The maximum atomic E-state index is 11.1. The van der Waals surface area contributed by atoms with Crippen molar-refractivity contribution in [2.24, 2.45) is 0 Å². The van der Waals surface area contributed by atoms with E-state index in [1.807, 2.05) is 0 Å². The molecule has 0 unspecified atom stereocenters. The number of nitrogens with zero attached hydrogens (tertiary/aromatic N) is 5. The molecular formula is C18H29BF4N5O5-. The minimum absolute atomic E-state index is 0.0185. The van der Waals surface area contributed by atoms with E-state index in [9.17, 15) is 36.4 Å². The Balaban J connectivity index is 0. The molecule has 0 fully saturated rings. The number of fused-ring (bicyclic) bond motifs is 1. The van der Waals surface area contributed by atoms with Crippen LogP contribution in [0.3, 0.4) is 0 Å². The third-order valence-corrected chi connectivity index (χ3v) is 3.30. The van der Waals surface area contributed by atoms with Crippen molar-refractivity contribution < 1.29 is 41.6 Å². The highest BCUT2D eigenvalue weighted by atomic mass is 19.5. The Bertz CT molecular complexity index is 735. The molecule has 1 aromatic rings. The zero-order valence-corrected chi connectivity index (χ0v) is 19.7. The number of hydrogen-bond acceptors (Lipinski definition) is 5. The van der Waals surface area contributed by atoms with E-state index < -0.39 is 19.1 Å². The fourth-order valence-electron chi connectivity index (χ4n) is 1.98. The molecular weight excluding hydrogens is 453 g/mol. The molecule has 0 radical (unpaired) electrons. The number of urea groups is 2. The van der Waals surface area contributed by atoms with Crippen LogP contribution in [0.1, 0.15) is 20.7 Å². The fourth-order valence-corrected chi connectivity index (χ4v) is 1.98. The Labute approximate surface area is 190 Å². The van der Waals surface area contributed by atoms with Crippen LogP contribution in [0.25, 0.3) is 0 Å². The highest BCUT2D eigenvalue weighted by molar-refractivity contribution is 6.50. The number of benzene rings is 1. The summed E-state index contributed by atoms with van der Waals surface area (Å²) in [6.45, 7) is 0. The smallest absolute Gasteiger partial charge is 0.418 e. The summed E-state index contributed by atoms with van der Waals surface area (Å²) < 4.78 is 39.0. The van der Waals surface area contributed by atoms with Gasteiger partial charge in [0, 0.05) is 56.4 Å². The molecule has 188 valence electrons. The summed E-state index contributed by atoms with van der Waals surface area (Å²) in [6, 6.07) is 6.33. The van der Waals surface area contributed by atoms with Gasteiger partial charge < -0.3 is 36.9 Å². The molecule has 0 atom stereocenters. The van der Waals surface area contributed by atoms with Crippen molar-refractivity contribution in [3.63, 3.8) is 0 Å². The van der Waals surface area contributed by atoms with Crippen molar-refractivity contribution in [1.82, 2.24) is 24.7 Å². The zero-order chi connectivity index (χ0) is 26.7. The van der Waals surface area contributed by atoms with Gasteiger partial charge in [-0.1, -0.05) is 12.1 Å². The van der Waals surface area contributed by atoms with Crippen LogP contribution in [0.4, 0.5) is 26.9 Å². The van der Waals surface area contributed by atoms with Crippen LogP contribution in [0.5, 0.6) is 0 Å². The van der Waals surface area contributed by atoms with Gasteiger partial charge >= 0.3 is 19.3 Å². The number of halogens is 4. The second-order valence-electron chi connectivity index (χ2n) is 7.11. The fraction of sp³-hybridized carbons (Fsp3) is 0.444. The summed E-state index contributed by atoms with van der Waals surface area (Å²) in [5.41, 5.74) is 0.509. The summed E-state index contributed by atoms with van der Waals surface area (Å²) in [5.74, 6) is -1.31. The lowest BCUT2D eigenvalue weighted by atomic mass is 10.1. The van der Waals surface area contributed by atoms with Crippen LogP contribution in [0, 0.1) is 0 Å². The van der Waals surface area contributed by atoms with Gasteiger partial charge in [0.05, 0.1) is 11.1 Å². The quantitative estimate of drug-likeness (QED) is 0.265. The van der Waals surface area contributed by atoms with E-state index >= 15 is 0 Å². The van der Waals surface area contributed by atoms with Gasteiger partial charge in [0.2, 0.25) is 0 Å². The zero-order valence-electron chi connectivity index (χ0n) is 19.7. The van der Waals surface area contributed by atoms with Gasteiger partial charge in [-0.25, -0.2) is 9.59 Å². The predicted molar refractivity (Wildman–Crippen MR) is 114 cm³/mol. The van der Waals surface area contributed by atoms with Crippen molar-refractivity contribution in [2.45, 2.75) is 0 Å². The molecule has 1 heterocycles. The molecule has 0 aliphatic carbocycles. The van der Waals surface area contributed by atoms with E-state index in [-0.39, 0.29) is 28.3 Å². The summed E-state index contributed by atoms with van der Waals surface area (Å²) >= 11 is 0. The molecule has 0 saturated heterocycles. The number of amides is 6. The van der Waals surface area contributed by atoms with Crippen LogP contribution < -0.4 is 0 Å². The number of hydrogen-bond donors (Lipinski definition) is 1. The molecule has 1 aliphatic heterocycles. The molecule has 6 amide bonds. The van der Waals surface area contributed by atoms with Crippen molar-refractivity contribution in [3.8, 4) is 0 Å². The maximum Gasteiger partial charge on any atom is 0.673 e. The average Bonchev–Trinajstić information content (AvgIpc) is 2.90. The number of hydroxylamine groups is 2. The summed E-state index contributed by atoms with van der Waals surface area (Å²) in [6.07, 6.45) is 0. The number of carbonyl (C=O) groups excluding carboxylic acids is 4. The van der Waals surface area contributed by atoms with Crippen LogP contribution in [-0.2, 0) is 0 Å². The molecule has 0 bridgehead atoms. The third-order valence-electron chi connectivity index (χ3n) is 3.30. The highest BCUT2D eigenvalue weighted by Crippen LogP contribution is 2.20. The lowest BCUT2D eigenvalue weighted by Crippen LogP contribution is -2.33. The molecule has 1 aliphatic rings. The van der Waals surface area contributed by atoms with Crippen LogP contribution >= 0.6 is 0 Å². The Morgan fingerprint density at radius 3 is 1.06 bits per heavy atom. The van der Waals surface area contributed by atoms with E-state index in [1.54, 1.807) is 68.5 Å². The molecule has 1 N–H and O–H groups in total. The van der Waals surface area contributed by atoms with Gasteiger partial charge in [-0.3, -0.25) is 14.8 Å².